The van der Waals surface area contributed by atoms with Gasteiger partial charge in [0.25, 0.3) is 0 Å². The minimum atomic E-state index is -1.43. The van der Waals surface area contributed by atoms with Crippen molar-refractivity contribution in [2.45, 2.75) is 0 Å². The zero-order valence-corrected chi connectivity index (χ0v) is 7.34. The highest BCUT2D eigenvalue weighted by Gasteiger charge is 2.01. The molecule has 0 aliphatic rings. The third-order valence-electron chi connectivity index (χ3n) is 1.59. The molecular formula is C9H11BO3. The van der Waals surface area contributed by atoms with Crippen molar-refractivity contribution < 1.29 is 14.8 Å². The van der Waals surface area contributed by atoms with Crippen LogP contribution in [-0.2, 0) is 0 Å². The molecule has 0 bridgehead atoms. The molecule has 3 nitrogen and oxygen atoms in total. The van der Waals surface area contributed by atoms with Crippen LogP contribution in [0, 0.1) is 0 Å². The molecule has 0 unspecified atom stereocenters. The zero-order valence-electron chi connectivity index (χ0n) is 7.34. The number of para-hydroxylation sites is 1. The molecule has 0 aliphatic carbocycles. The fourth-order valence-electron chi connectivity index (χ4n) is 0.994. The van der Waals surface area contributed by atoms with Gasteiger partial charge in [-0.2, -0.15) is 0 Å². The lowest BCUT2D eigenvalue weighted by atomic mass is 9.90. The van der Waals surface area contributed by atoms with E-state index in [0.29, 0.717) is 5.75 Å². The Kier molecular flexibility index (Phi) is 3.55. The van der Waals surface area contributed by atoms with Gasteiger partial charge in [0.2, 0.25) is 0 Å². The minimum Gasteiger partial charge on any atom is -0.496 e. The number of hydrogen-bond acceptors (Lipinski definition) is 3. The number of hydrogen-bond donors (Lipinski definition) is 2. The van der Waals surface area contributed by atoms with Crippen LogP contribution >= 0.6 is 0 Å². The van der Waals surface area contributed by atoms with Gasteiger partial charge in [-0.05, 0) is 6.07 Å². The summed E-state index contributed by atoms with van der Waals surface area (Å²) < 4.78 is 5.06. The van der Waals surface area contributed by atoms with Crippen LogP contribution in [0.25, 0.3) is 6.08 Å². The summed E-state index contributed by atoms with van der Waals surface area (Å²) in [5.74, 6) is 1.98. The maximum Gasteiger partial charge on any atom is 0.480 e. The second-order valence-corrected chi connectivity index (χ2v) is 2.51. The summed E-state index contributed by atoms with van der Waals surface area (Å²) in [6.07, 6.45) is 1.60. The van der Waals surface area contributed by atoms with Crippen molar-refractivity contribution >= 4 is 13.2 Å². The number of rotatable bonds is 3. The van der Waals surface area contributed by atoms with Gasteiger partial charge in [0.1, 0.15) is 5.75 Å². The summed E-state index contributed by atoms with van der Waals surface area (Å²) in [6, 6.07) is 7.35. The Bertz CT molecular complexity index is 297. The Balaban J connectivity index is 2.87. The Morgan fingerprint density at radius 3 is 2.62 bits per heavy atom. The Hall–Kier alpha value is -1.26. The first-order chi connectivity index (χ1) is 6.24. The van der Waals surface area contributed by atoms with E-state index < -0.39 is 7.12 Å². The van der Waals surface area contributed by atoms with Crippen LogP contribution in [0.15, 0.2) is 30.2 Å². The second kappa shape index (κ2) is 4.69. The van der Waals surface area contributed by atoms with E-state index in [9.17, 15) is 0 Å². The Labute approximate surface area is 77.4 Å². The fourth-order valence-corrected chi connectivity index (χ4v) is 0.994. The quantitative estimate of drug-likeness (QED) is 0.670. The molecule has 2 N–H and O–H groups in total. The first-order valence-corrected chi connectivity index (χ1v) is 3.91. The highest BCUT2D eigenvalue weighted by Crippen LogP contribution is 2.18. The molecule has 0 saturated heterocycles. The van der Waals surface area contributed by atoms with Gasteiger partial charge in [-0.3, -0.25) is 0 Å². The molecule has 0 spiro atoms. The minimum absolute atomic E-state index is 0.708. The van der Waals surface area contributed by atoms with Crippen LogP contribution in [0.5, 0.6) is 5.75 Å². The topological polar surface area (TPSA) is 49.7 Å². The van der Waals surface area contributed by atoms with Crippen molar-refractivity contribution in [3.63, 3.8) is 0 Å². The zero-order chi connectivity index (χ0) is 9.68. The first kappa shape index (κ1) is 9.83. The second-order valence-electron chi connectivity index (χ2n) is 2.51. The van der Waals surface area contributed by atoms with Crippen LogP contribution in [0.4, 0.5) is 0 Å². The van der Waals surface area contributed by atoms with Crippen molar-refractivity contribution in [3.05, 3.63) is 35.8 Å². The van der Waals surface area contributed by atoms with Crippen LogP contribution in [0.2, 0.25) is 0 Å². The molecule has 4 heteroatoms. The highest BCUT2D eigenvalue weighted by atomic mass is 16.5. The SMILES string of the molecule is COc1ccccc1/C=C/B(O)O. The third kappa shape index (κ3) is 2.93. The molecule has 13 heavy (non-hydrogen) atoms. The summed E-state index contributed by atoms with van der Waals surface area (Å²) >= 11 is 0. The van der Waals surface area contributed by atoms with Crippen molar-refractivity contribution in [2.75, 3.05) is 7.11 Å². The molecule has 0 fully saturated rings. The molecule has 0 saturated carbocycles. The van der Waals surface area contributed by atoms with Gasteiger partial charge in [-0.15, -0.1) is 0 Å². The van der Waals surface area contributed by atoms with Crippen molar-refractivity contribution in [1.29, 1.82) is 0 Å². The lowest BCUT2D eigenvalue weighted by Crippen LogP contribution is -2.05. The van der Waals surface area contributed by atoms with Crippen LogP contribution < -0.4 is 4.74 Å². The van der Waals surface area contributed by atoms with E-state index in [0.717, 1.165) is 5.56 Å². The monoisotopic (exact) mass is 178 g/mol. The van der Waals surface area contributed by atoms with E-state index in [1.54, 1.807) is 13.2 Å². The van der Waals surface area contributed by atoms with Crippen molar-refractivity contribution in [2.24, 2.45) is 0 Å². The first-order valence-electron chi connectivity index (χ1n) is 3.91. The Morgan fingerprint density at radius 1 is 1.31 bits per heavy atom. The van der Waals surface area contributed by atoms with Crippen LogP contribution in [0.1, 0.15) is 5.56 Å². The van der Waals surface area contributed by atoms with Gasteiger partial charge in [0.15, 0.2) is 0 Å². The molecule has 0 radical (unpaired) electrons. The lowest BCUT2D eigenvalue weighted by Gasteiger charge is -2.02. The van der Waals surface area contributed by atoms with Gasteiger partial charge < -0.3 is 14.8 Å². The van der Waals surface area contributed by atoms with Crippen LogP contribution in [-0.4, -0.2) is 24.3 Å². The number of methoxy groups -OCH3 is 1. The maximum absolute atomic E-state index is 8.61. The van der Waals surface area contributed by atoms with Crippen molar-refractivity contribution in [1.82, 2.24) is 0 Å². The third-order valence-corrected chi connectivity index (χ3v) is 1.59. The normalized spacial score (nSPS) is 10.4. The van der Waals surface area contributed by atoms with E-state index in [1.165, 1.54) is 5.98 Å². The number of ether oxygens (including phenoxy) is 1. The molecule has 0 aromatic heterocycles. The molecule has 0 amide bonds. The molecule has 0 heterocycles. The van der Waals surface area contributed by atoms with E-state index in [1.807, 2.05) is 24.3 Å². The smallest absolute Gasteiger partial charge is 0.480 e. The van der Waals surface area contributed by atoms with E-state index in [2.05, 4.69) is 0 Å². The summed E-state index contributed by atoms with van der Waals surface area (Å²) in [5.41, 5.74) is 0.818. The molecular weight excluding hydrogens is 167 g/mol. The van der Waals surface area contributed by atoms with E-state index in [-0.39, 0.29) is 0 Å². The summed E-state index contributed by atoms with van der Waals surface area (Å²) in [4.78, 5) is 0. The average molecular weight is 178 g/mol. The summed E-state index contributed by atoms with van der Waals surface area (Å²) in [6.45, 7) is 0. The number of benzene rings is 1. The predicted molar refractivity (Wildman–Crippen MR) is 52.2 cm³/mol. The van der Waals surface area contributed by atoms with Gasteiger partial charge >= 0.3 is 7.12 Å². The van der Waals surface area contributed by atoms with E-state index >= 15 is 0 Å². The van der Waals surface area contributed by atoms with E-state index in [4.69, 9.17) is 14.8 Å². The summed E-state index contributed by atoms with van der Waals surface area (Å²) in [5, 5.41) is 17.2. The predicted octanol–water partition coefficient (Wildman–Crippen LogP) is 0.720. The highest BCUT2D eigenvalue weighted by molar-refractivity contribution is 6.48. The lowest BCUT2D eigenvalue weighted by molar-refractivity contribution is 0.413. The van der Waals surface area contributed by atoms with Crippen molar-refractivity contribution in [3.8, 4) is 5.75 Å². The van der Waals surface area contributed by atoms with Gasteiger partial charge in [-0.1, -0.05) is 30.3 Å². The van der Waals surface area contributed by atoms with Crippen LogP contribution in [0.3, 0.4) is 0 Å². The maximum atomic E-state index is 8.61. The molecule has 1 aromatic rings. The molecule has 0 aliphatic heterocycles. The van der Waals surface area contributed by atoms with Gasteiger partial charge in [-0.25, -0.2) is 0 Å². The average Bonchev–Trinajstić information content (AvgIpc) is 2.15. The molecule has 0 atom stereocenters. The van der Waals surface area contributed by atoms with Gasteiger partial charge in [0.05, 0.1) is 7.11 Å². The standard InChI is InChI=1S/C9H11BO3/c1-13-9-5-3-2-4-8(9)6-7-10(11)12/h2-7,11-12H,1H3/b7-6+. The largest absolute Gasteiger partial charge is 0.496 e. The molecule has 1 rings (SSSR count). The van der Waals surface area contributed by atoms with Gasteiger partial charge in [0, 0.05) is 5.56 Å². The summed E-state index contributed by atoms with van der Waals surface area (Å²) in [7, 11) is 0.145. The molecule has 1 aromatic carbocycles. The Morgan fingerprint density at radius 2 is 2.00 bits per heavy atom. The molecule has 68 valence electrons. The fraction of sp³-hybridized carbons (Fsp3) is 0.111.